The van der Waals surface area contributed by atoms with Crippen molar-refractivity contribution in [2.45, 2.75) is 24.9 Å². The lowest BCUT2D eigenvalue weighted by Gasteiger charge is -2.23. The average Bonchev–Trinajstić information content (AvgIpc) is 2.67. The van der Waals surface area contributed by atoms with E-state index in [1.54, 1.807) is 0 Å². The molecule has 1 aliphatic rings. The van der Waals surface area contributed by atoms with Crippen LogP contribution >= 0.6 is 0 Å². The van der Waals surface area contributed by atoms with Gasteiger partial charge in [-0.15, -0.1) is 0 Å². The van der Waals surface area contributed by atoms with E-state index in [1.165, 1.54) is 17.7 Å². The first kappa shape index (κ1) is 19.2. The molecule has 1 aromatic heterocycles. The number of amides is 1. The van der Waals surface area contributed by atoms with Crippen molar-refractivity contribution in [2.24, 2.45) is 0 Å². The molecule has 27 heavy (non-hydrogen) atoms. The van der Waals surface area contributed by atoms with Crippen molar-refractivity contribution in [2.75, 3.05) is 25.0 Å². The molecule has 1 unspecified atom stereocenters. The number of pyridine rings is 1. The molecule has 8 heteroatoms. The molecule has 3 rings (SSSR count). The molecule has 1 atom stereocenters. The molecule has 1 fully saturated rings. The SMILES string of the molecule is O=C(Nc1ccc(C2CCCNC2)cc1)c1ccc(OCC(F)(F)F)cn1. The van der Waals surface area contributed by atoms with Gasteiger partial charge in [-0.25, -0.2) is 4.98 Å². The van der Waals surface area contributed by atoms with Crippen LogP contribution in [0.1, 0.15) is 34.8 Å². The van der Waals surface area contributed by atoms with Gasteiger partial charge in [0.2, 0.25) is 0 Å². The number of aromatic nitrogens is 1. The summed E-state index contributed by atoms with van der Waals surface area (Å²) in [5, 5.41) is 6.10. The fraction of sp³-hybridized carbons (Fsp3) is 0.368. The Kier molecular flexibility index (Phi) is 5.95. The van der Waals surface area contributed by atoms with Crippen LogP contribution in [0.3, 0.4) is 0 Å². The third-order valence-electron chi connectivity index (χ3n) is 4.31. The number of alkyl halides is 3. The number of hydrogen-bond acceptors (Lipinski definition) is 4. The molecule has 1 saturated heterocycles. The molecule has 144 valence electrons. The van der Waals surface area contributed by atoms with Gasteiger partial charge in [-0.1, -0.05) is 12.1 Å². The van der Waals surface area contributed by atoms with Crippen molar-refractivity contribution in [3.8, 4) is 5.75 Å². The smallest absolute Gasteiger partial charge is 0.422 e. The van der Waals surface area contributed by atoms with E-state index < -0.39 is 18.7 Å². The summed E-state index contributed by atoms with van der Waals surface area (Å²) in [6.07, 6.45) is -1.03. The maximum absolute atomic E-state index is 12.2. The van der Waals surface area contributed by atoms with Crippen LogP contribution < -0.4 is 15.4 Å². The summed E-state index contributed by atoms with van der Waals surface area (Å²) < 4.78 is 40.9. The third-order valence-corrected chi connectivity index (χ3v) is 4.31. The molecule has 1 aliphatic heterocycles. The molecule has 2 heterocycles. The quantitative estimate of drug-likeness (QED) is 0.831. The van der Waals surface area contributed by atoms with Crippen molar-refractivity contribution in [3.63, 3.8) is 0 Å². The third kappa shape index (κ3) is 5.68. The molecule has 0 radical (unpaired) electrons. The van der Waals surface area contributed by atoms with E-state index in [0.717, 1.165) is 32.1 Å². The molecule has 5 nitrogen and oxygen atoms in total. The fourth-order valence-corrected chi connectivity index (χ4v) is 2.94. The average molecular weight is 379 g/mol. The van der Waals surface area contributed by atoms with Gasteiger partial charge in [0.05, 0.1) is 6.20 Å². The van der Waals surface area contributed by atoms with Crippen LogP contribution in [-0.2, 0) is 0 Å². The maximum atomic E-state index is 12.2. The molecule has 0 bridgehead atoms. The van der Waals surface area contributed by atoms with Crippen molar-refractivity contribution >= 4 is 11.6 Å². The Labute approximate surface area is 154 Å². The molecule has 0 saturated carbocycles. The van der Waals surface area contributed by atoms with Crippen LogP contribution in [0.4, 0.5) is 18.9 Å². The van der Waals surface area contributed by atoms with E-state index in [-0.39, 0.29) is 11.4 Å². The number of ether oxygens (including phenoxy) is 1. The number of nitrogens with one attached hydrogen (secondary N) is 2. The van der Waals surface area contributed by atoms with Gasteiger partial charge in [0.1, 0.15) is 11.4 Å². The van der Waals surface area contributed by atoms with Gasteiger partial charge in [-0.3, -0.25) is 4.79 Å². The van der Waals surface area contributed by atoms with E-state index in [4.69, 9.17) is 0 Å². The molecule has 0 aliphatic carbocycles. The number of halogens is 3. The lowest BCUT2D eigenvalue weighted by molar-refractivity contribution is -0.153. The molecule has 2 N–H and O–H groups in total. The highest BCUT2D eigenvalue weighted by molar-refractivity contribution is 6.02. The van der Waals surface area contributed by atoms with Gasteiger partial charge in [-0.05, 0) is 55.1 Å². The Balaban J connectivity index is 1.56. The Morgan fingerprint density at radius 3 is 2.59 bits per heavy atom. The molecule has 2 aromatic rings. The molecular weight excluding hydrogens is 359 g/mol. The molecule has 1 amide bonds. The largest absolute Gasteiger partial charge is 0.483 e. The van der Waals surface area contributed by atoms with Crippen LogP contribution in [0.15, 0.2) is 42.6 Å². The van der Waals surface area contributed by atoms with Gasteiger partial charge in [0, 0.05) is 12.2 Å². The number of carbonyl (C=O) groups excluding carboxylic acids is 1. The maximum Gasteiger partial charge on any atom is 0.422 e. The summed E-state index contributed by atoms with van der Waals surface area (Å²) in [4.78, 5) is 16.1. The highest BCUT2D eigenvalue weighted by atomic mass is 19.4. The monoisotopic (exact) mass is 379 g/mol. The summed E-state index contributed by atoms with van der Waals surface area (Å²) in [5.74, 6) is -0.00631. The fourth-order valence-electron chi connectivity index (χ4n) is 2.94. The summed E-state index contributed by atoms with van der Waals surface area (Å²) in [5.41, 5.74) is 1.95. The molecule has 0 spiro atoms. The van der Waals surface area contributed by atoms with Gasteiger partial charge >= 0.3 is 6.18 Å². The molecular formula is C19H20F3N3O2. The lowest BCUT2D eigenvalue weighted by atomic mass is 9.92. The first-order valence-corrected chi connectivity index (χ1v) is 8.68. The van der Waals surface area contributed by atoms with Crippen molar-refractivity contribution in [1.82, 2.24) is 10.3 Å². The number of piperidine rings is 1. The standard InChI is InChI=1S/C19H20F3N3O2/c20-19(21,22)12-27-16-7-8-17(24-11-16)18(26)25-15-5-3-13(4-6-15)14-2-1-9-23-10-14/h3-8,11,14,23H,1-2,9-10,12H2,(H,25,26). The van der Waals surface area contributed by atoms with Crippen molar-refractivity contribution in [1.29, 1.82) is 0 Å². The zero-order valence-corrected chi connectivity index (χ0v) is 14.6. The normalized spacial score (nSPS) is 17.4. The minimum Gasteiger partial charge on any atom is -0.483 e. The summed E-state index contributed by atoms with van der Waals surface area (Å²) in [6, 6.07) is 10.3. The Morgan fingerprint density at radius 2 is 2.00 bits per heavy atom. The van der Waals surface area contributed by atoms with Crippen LogP contribution in [0.25, 0.3) is 0 Å². The van der Waals surface area contributed by atoms with Gasteiger partial charge in [0.25, 0.3) is 5.91 Å². The highest BCUT2D eigenvalue weighted by Gasteiger charge is 2.28. The topological polar surface area (TPSA) is 63.2 Å². The van der Waals surface area contributed by atoms with Crippen molar-refractivity contribution in [3.05, 3.63) is 53.9 Å². The van der Waals surface area contributed by atoms with Gasteiger partial charge in [0.15, 0.2) is 6.61 Å². The van der Waals surface area contributed by atoms with Gasteiger partial charge < -0.3 is 15.4 Å². The number of anilines is 1. The zero-order chi connectivity index (χ0) is 19.3. The Bertz CT molecular complexity index is 755. The number of hydrogen-bond donors (Lipinski definition) is 2. The second-order valence-electron chi connectivity index (χ2n) is 6.40. The first-order chi connectivity index (χ1) is 12.9. The van der Waals surface area contributed by atoms with E-state index in [9.17, 15) is 18.0 Å². The van der Waals surface area contributed by atoms with Gasteiger partial charge in [-0.2, -0.15) is 13.2 Å². The number of nitrogens with zero attached hydrogens (tertiary/aromatic N) is 1. The highest BCUT2D eigenvalue weighted by Crippen LogP contribution is 2.24. The summed E-state index contributed by atoms with van der Waals surface area (Å²) in [7, 11) is 0. The molecule has 1 aromatic carbocycles. The van der Waals surface area contributed by atoms with Crippen LogP contribution in [0, 0.1) is 0 Å². The number of rotatable bonds is 5. The predicted octanol–water partition coefficient (Wildman–Crippen LogP) is 3.74. The Morgan fingerprint density at radius 1 is 1.22 bits per heavy atom. The number of carbonyl (C=O) groups is 1. The van der Waals surface area contributed by atoms with Crippen LogP contribution in [0.5, 0.6) is 5.75 Å². The minimum atomic E-state index is -4.42. The second kappa shape index (κ2) is 8.39. The summed E-state index contributed by atoms with van der Waals surface area (Å²) in [6.45, 7) is 0.610. The zero-order valence-electron chi connectivity index (χ0n) is 14.6. The number of benzene rings is 1. The first-order valence-electron chi connectivity index (χ1n) is 8.68. The van der Waals surface area contributed by atoms with Crippen LogP contribution in [0.2, 0.25) is 0 Å². The van der Waals surface area contributed by atoms with Crippen molar-refractivity contribution < 1.29 is 22.7 Å². The van der Waals surface area contributed by atoms with E-state index >= 15 is 0 Å². The van der Waals surface area contributed by atoms with E-state index in [2.05, 4.69) is 20.4 Å². The Hall–Kier alpha value is -2.61. The second-order valence-corrected chi connectivity index (χ2v) is 6.40. The van der Waals surface area contributed by atoms with E-state index in [0.29, 0.717) is 11.6 Å². The minimum absolute atomic E-state index is 0.0469. The van der Waals surface area contributed by atoms with E-state index in [1.807, 2.05) is 24.3 Å². The lowest BCUT2D eigenvalue weighted by Crippen LogP contribution is -2.28. The van der Waals surface area contributed by atoms with Crippen LogP contribution in [-0.4, -0.2) is 36.8 Å². The predicted molar refractivity (Wildman–Crippen MR) is 95.0 cm³/mol. The summed E-state index contributed by atoms with van der Waals surface area (Å²) >= 11 is 0.